The number of aryl methyl sites for hydroxylation is 2. The normalized spacial score (nSPS) is 15.5. The molecule has 400 valence electrons. The Labute approximate surface area is 447 Å². The molecule has 1 fully saturated rings. The third-order valence-corrected chi connectivity index (χ3v) is 15.2. The number of esters is 2. The zero-order valence-corrected chi connectivity index (χ0v) is 45.6. The summed E-state index contributed by atoms with van der Waals surface area (Å²) in [5.41, 5.74) is 5.63. The zero-order chi connectivity index (χ0) is 53.2. The fourth-order valence-corrected chi connectivity index (χ4v) is 10.8. The first kappa shape index (κ1) is 55.3. The van der Waals surface area contributed by atoms with Crippen molar-refractivity contribution < 1.29 is 51.2 Å². The van der Waals surface area contributed by atoms with Crippen molar-refractivity contribution in [3.05, 3.63) is 111 Å². The highest BCUT2D eigenvalue weighted by Crippen LogP contribution is 2.40. The van der Waals surface area contributed by atoms with Gasteiger partial charge in [0.2, 0.25) is 12.7 Å². The molecule has 0 saturated carbocycles. The summed E-state index contributed by atoms with van der Waals surface area (Å²) in [6, 6.07) is 16.0. The molecule has 0 bridgehead atoms. The van der Waals surface area contributed by atoms with Gasteiger partial charge < -0.3 is 33.7 Å². The van der Waals surface area contributed by atoms with Gasteiger partial charge >= 0.3 is 11.9 Å². The van der Waals surface area contributed by atoms with Crippen LogP contribution in [0.25, 0.3) is 21.6 Å². The minimum Gasteiger partial charge on any atom is -0.491 e. The Hall–Kier alpha value is -5.91. The van der Waals surface area contributed by atoms with Crippen LogP contribution in [0.4, 0.5) is 0 Å². The summed E-state index contributed by atoms with van der Waals surface area (Å²) in [6.07, 6.45) is 5.18. The number of amides is 1. The van der Waals surface area contributed by atoms with Gasteiger partial charge in [-0.15, -0.1) is 21.5 Å². The highest BCUT2D eigenvalue weighted by Gasteiger charge is 2.33. The van der Waals surface area contributed by atoms with E-state index in [1.54, 1.807) is 68.3 Å². The van der Waals surface area contributed by atoms with E-state index in [4.69, 9.17) is 49.2 Å². The molecule has 1 N–H and O–H groups in total. The number of rotatable bonds is 23. The lowest BCUT2D eigenvalue weighted by molar-refractivity contribution is -0.172. The Morgan fingerprint density at radius 1 is 0.907 bits per heavy atom. The number of nitrogens with zero attached hydrogens (tertiary/aromatic N) is 7. The number of nitrogens with one attached hydrogen (secondary N) is 1. The Kier molecular flexibility index (Phi) is 18.7. The largest absolute Gasteiger partial charge is 0.491 e. The number of hydrogen-bond acceptors (Lipinski definition) is 17. The summed E-state index contributed by atoms with van der Waals surface area (Å²) < 4.78 is 57.1. The van der Waals surface area contributed by atoms with E-state index in [1.165, 1.54) is 0 Å². The van der Waals surface area contributed by atoms with Gasteiger partial charge in [0.1, 0.15) is 36.0 Å². The van der Waals surface area contributed by atoms with Crippen LogP contribution in [-0.2, 0) is 59.8 Å². The van der Waals surface area contributed by atoms with Gasteiger partial charge in [-0.2, -0.15) is 5.10 Å². The average Bonchev–Trinajstić information content (AvgIpc) is 4.04. The van der Waals surface area contributed by atoms with E-state index in [1.807, 2.05) is 54.0 Å². The second kappa shape index (κ2) is 25.3. The Bertz CT molecular complexity index is 3030. The Morgan fingerprint density at radius 3 is 2.40 bits per heavy atom. The number of ether oxygens (including phenoxy) is 6. The van der Waals surface area contributed by atoms with Gasteiger partial charge in [-0.05, 0) is 108 Å². The SMILES string of the molecule is COC1CCN(COS(=O)c2cc(OCCOCCOCCNC(=O)C[C@@H]3N=C(c4ccc(Cl)cc4)c4c(sc(C)c4C)-n4c(C)nnc43)ccc2-c2ccn3ncc(CC(=O)OCOC(=O)C(C)(C)C)c3c2)CC1. The summed E-state index contributed by atoms with van der Waals surface area (Å²) in [7, 11) is 1.71. The summed E-state index contributed by atoms with van der Waals surface area (Å²) in [4.78, 5) is 47.1. The number of fused-ring (bicyclic) bond motifs is 4. The molecule has 0 aliphatic carbocycles. The zero-order valence-electron chi connectivity index (χ0n) is 43.2. The molecule has 1 amide bonds. The molecule has 22 heteroatoms. The minimum absolute atomic E-state index is 0.0651. The minimum atomic E-state index is -1.90. The monoisotopic (exact) mass is 1090 g/mol. The van der Waals surface area contributed by atoms with Crippen molar-refractivity contribution in [2.24, 2.45) is 10.4 Å². The van der Waals surface area contributed by atoms with E-state index in [-0.39, 0.29) is 51.4 Å². The van der Waals surface area contributed by atoms with Crippen LogP contribution in [0.15, 0.2) is 76.9 Å². The molecule has 2 atom stereocenters. The number of piperidine rings is 1. The number of likely N-dealkylation sites (tertiary alicyclic amines) is 1. The molecule has 2 aromatic carbocycles. The number of pyridine rings is 1. The van der Waals surface area contributed by atoms with E-state index >= 15 is 0 Å². The van der Waals surface area contributed by atoms with Crippen LogP contribution < -0.4 is 10.1 Å². The molecule has 2 aliphatic heterocycles. The molecular formula is C53H63ClN8O11S2. The first-order valence-electron chi connectivity index (χ1n) is 24.7. The van der Waals surface area contributed by atoms with Crippen molar-refractivity contribution in [3.8, 4) is 21.9 Å². The van der Waals surface area contributed by atoms with Crippen LogP contribution >= 0.6 is 22.9 Å². The van der Waals surface area contributed by atoms with Gasteiger partial charge in [0.05, 0.1) is 73.1 Å². The maximum atomic E-state index is 14.0. The van der Waals surface area contributed by atoms with E-state index in [0.717, 1.165) is 64.0 Å². The average molecular weight is 1090 g/mol. The van der Waals surface area contributed by atoms with Gasteiger partial charge in [-0.1, -0.05) is 23.7 Å². The van der Waals surface area contributed by atoms with Crippen molar-refractivity contribution in [3.63, 3.8) is 0 Å². The summed E-state index contributed by atoms with van der Waals surface area (Å²) in [5, 5.41) is 17.8. The highest BCUT2D eigenvalue weighted by molar-refractivity contribution is 7.80. The first-order valence-corrected chi connectivity index (χ1v) is 27.0. The fraction of sp³-hybridized carbons (Fsp3) is 0.453. The van der Waals surface area contributed by atoms with Crippen molar-refractivity contribution in [1.82, 2.24) is 34.6 Å². The van der Waals surface area contributed by atoms with Crippen LogP contribution in [-0.4, -0.2) is 136 Å². The van der Waals surface area contributed by atoms with Gasteiger partial charge in [-0.3, -0.25) is 33.0 Å². The number of methoxy groups -OCH3 is 1. The predicted octanol–water partition coefficient (Wildman–Crippen LogP) is 7.47. The Morgan fingerprint density at radius 2 is 1.65 bits per heavy atom. The molecule has 6 heterocycles. The molecule has 75 heavy (non-hydrogen) atoms. The van der Waals surface area contributed by atoms with Gasteiger partial charge in [0, 0.05) is 65.1 Å². The number of hydrogen-bond donors (Lipinski definition) is 1. The van der Waals surface area contributed by atoms with Crippen LogP contribution in [0.5, 0.6) is 5.75 Å². The van der Waals surface area contributed by atoms with Crippen LogP contribution in [0, 0.1) is 26.2 Å². The van der Waals surface area contributed by atoms with E-state index in [9.17, 15) is 18.6 Å². The van der Waals surface area contributed by atoms with E-state index in [2.05, 4.69) is 39.4 Å². The number of carbonyl (C=O) groups is 3. The standard InChI is InChI=1S/C53H63ClN8O11S2/c1-33-34(2)74-51-48(33)49(36-8-10-39(54)11-9-36)57-43(50-59-58-35(3)62(50)51)29-46(63)55-17-21-68-22-23-69-24-25-70-41-12-13-42(45(28-41)75(66)73-31-60-18-15-40(67-7)16-19-60)37-14-20-61-44(26-37)38(30-56-61)27-47(64)71-32-72-52(65)53(4,5)6/h8-14,20,26,28,30,40,43H,15-19,21-25,27,29,31-32H2,1-7H3,(H,55,63)/t43-,75?/m0/s1. The number of carbonyl (C=O) groups excluding carboxylic acids is 3. The lowest BCUT2D eigenvalue weighted by atomic mass is 9.98. The van der Waals surface area contributed by atoms with Gasteiger partial charge in [0.15, 0.2) is 16.9 Å². The highest BCUT2D eigenvalue weighted by atomic mass is 35.5. The summed E-state index contributed by atoms with van der Waals surface area (Å²) >= 11 is 6.01. The van der Waals surface area contributed by atoms with Crippen molar-refractivity contribution in [2.45, 2.75) is 84.3 Å². The third-order valence-electron chi connectivity index (χ3n) is 12.8. The third kappa shape index (κ3) is 13.9. The summed E-state index contributed by atoms with van der Waals surface area (Å²) in [6.45, 7) is 14.0. The topological polar surface area (TPSA) is 209 Å². The number of benzene rings is 2. The quantitative estimate of drug-likeness (QED) is 0.0375. The smallest absolute Gasteiger partial charge is 0.314 e. The van der Waals surface area contributed by atoms with Crippen LogP contribution in [0.3, 0.4) is 0 Å². The molecule has 6 aromatic rings. The molecule has 2 aliphatic rings. The molecule has 1 saturated heterocycles. The fourth-order valence-electron chi connectivity index (χ4n) is 8.52. The Balaban J connectivity index is 0.825. The molecule has 0 spiro atoms. The number of aliphatic imine (C=N–C) groups is 1. The maximum Gasteiger partial charge on any atom is 0.314 e. The second-order valence-electron chi connectivity index (χ2n) is 19.1. The maximum absolute atomic E-state index is 14.0. The van der Waals surface area contributed by atoms with E-state index < -0.39 is 41.3 Å². The summed E-state index contributed by atoms with van der Waals surface area (Å²) in [5.74, 6) is 0.526. The number of thiophene rings is 1. The lowest BCUT2D eigenvalue weighted by Crippen LogP contribution is -2.38. The van der Waals surface area contributed by atoms with E-state index in [0.29, 0.717) is 63.5 Å². The predicted molar refractivity (Wildman–Crippen MR) is 283 cm³/mol. The molecular weight excluding hydrogens is 1020 g/mol. The second-order valence-corrected chi connectivity index (χ2v) is 21.9. The van der Waals surface area contributed by atoms with Crippen molar-refractivity contribution in [2.75, 3.05) is 73.3 Å². The first-order chi connectivity index (χ1) is 36.1. The van der Waals surface area contributed by atoms with Gasteiger partial charge in [-0.25, -0.2) is 8.72 Å². The number of halogens is 1. The molecule has 4 aromatic heterocycles. The number of aromatic nitrogens is 5. The van der Waals surface area contributed by atoms with Gasteiger partial charge in [0.25, 0.3) is 0 Å². The van der Waals surface area contributed by atoms with Crippen molar-refractivity contribution in [1.29, 1.82) is 0 Å². The van der Waals surface area contributed by atoms with Crippen molar-refractivity contribution >= 4 is 63.1 Å². The van der Waals surface area contributed by atoms with Crippen LogP contribution in [0.1, 0.15) is 84.9 Å². The molecule has 19 nitrogen and oxygen atoms in total. The molecule has 1 unspecified atom stereocenters. The lowest BCUT2D eigenvalue weighted by Gasteiger charge is -2.30. The molecule has 8 rings (SSSR count). The van der Waals surface area contributed by atoms with Crippen LogP contribution in [0.2, 0.25) is 5.02 Å². The molecule has 0 radical (unpaired) electrons.